The fourth-order valence-electron chi connectivity index (χ4n) is 3.73. The molecule has 0 atom stereocenters. The van der Waals surface area contributed by atoms with E-state index in [1.54, 1.807) is 0 Å². The minimum Gasteiger partial charge on any atom is -0.488 e. The van der Waals surface area contributed by atoms with Gasteiger partial charge in [-0.05, 0) is 83.2 Å². The van der Waals surface area contributed by atoms with Crippen LogP contribution in [0.4, 0.5) is 0 Å². The molecule has 2 aromatic rings. The van der Waals surface area contributed by atoms with Crippen LogP contribution in [0.2, 0.25) is 0 Å². The Morgan fingerprint density at radius 3 is 2.54 bits per heavy atom. The van der Waals surface area contributed by atoms with E-state index in [4.69, 9.17) is 9.15 Å². The fourth-order valence-corrected chi connectivity index (χ4v) is 3.73. The second-order valence-corrected chi connectivity index (χ2v) is 8.73. The van der Waals surface area contributed by atoms with Crippen LogP contribution in [-0.2, 0) is 6.54 Å². The topological polar surface area (TPSA) is 55.6 Å². The third kappa shape index (κ3) is 6.48. The molecule has 152 valence electrons. The van der Waals surface area contributed by atoms with Crippen molar-refractivity contribution in [1.82, 2.24) is 9.88 Å². The first-order valence-corrected chi connectivity index (χ1v) is 10.3. The monoisotopic (exact) mass is 384 g/mol. The summed E-state index contributed by atoms with van der Waals surface area (Å²) in [6, 6.07) is 8.47. The Bertz CT molecular complexity index is 724. The smallest absolute Gasteiger partial charge is 0.263 e. The van der Waals surface area contributed by atoms with Gasteiger partial charge in [-0.2, -0.15) is 0 Å². The summed E-state index contributed by atoms with van der Waals surface area (Å²) in [7, 11) is 0. The van der Waals surface area contributed by atoms with Gasteiger partial charge in [0.1, 0.15) is 17.6 Å². The summed E-state index contributed by atoms with van der Waals surface area (Å²) in [5.74, 6) is 1.90. The number of aromatic nitrogens is 1. The van der Waals surface area contributed by atoms with E-state index in [1.165, 1.54) is 30.9 Å². The van der Waals surface area contributed by atoms with Gasteiger partial charge in [0.25, 0.3) is 5.89 Å². The van der Waals surface area contributed by atoms with Crippen LogP contribution in [0.5, 0.6) is 5.75 Å². The maximum Gasteiger partial charge on any atom is 0.263 e. The molecule has 1 saturated heterocycles. The van der Waals surface area contributed by atoms with Gasteiger partial charge in [-0.1, -0.05) is 12.1 Å². The molecule has 5 nitrogen and oxygen atoms in total. The molecule has 0 bridgehead atoms. The molecule has 0 N–H and O–H groups in total. The molecule has 1 aliphatic rings. The van der Waals surface area contributed by atoms with E-state index in [0.29, 0.717) is 6.42 Å². The molecule has 0 saturated carbocycles. The third-order valence-corrected chi connectivity index (χ3v) is 5.15. The minimum atomic E-state index is -0.164. The number of rotatable bonds is 8. The van der Waals surface area contributed by atoms with E-state index in [1.807, 2.05) is 0 Å². The largest absolute Gasteiger partial charge is 0.488 e. The standard InChI is InChI=1S/C23H32N2O3/c1-23(2,3)28-20-9-7-19(8-10-20)17-25-14-11-18(12-15-25)5-4-6-21(26)22-24-13-16-27-22/h7-10,13,16,18H,4-6,11-12,14-15,17H2,1-3H3. The molecule has 1 aromatic carbocycles. The number of ketones is 1. The highest BCUT2D eigenvalue weighted by molar-refractivity contribution is 5.91. The zero-order valence-corrected chi connectivity index (χ0v) is 17.3. The van der Waals surface area contributed by atoms with Crippen molar-refractivity contribution in [2.75, 3.05) is 13.1 Å². The lowest BCUT2D eigenvalue weighted by Gasteiger charge is -2.32. The number of carbonyl (C=O) groups is 1. The van der Waals surface area contributed by atoms with E-state index in [0.717, 1.165) is 44.1 Å². The number of ether oxygens (including phenoxy) is 1. The van der Waals surface area contributed by atoms with Crippen LogP contribution < -0.4 is 4.74 Å². The average Bonchev–Trinajstić information content (AvgIpc) is 3.18. The highest BCUT2D eigenvalue weighted by Crippen LogP contribution is 2.25. The van der Waals surface area contributed by atoms with Crippen LogP contribution in [0.15, 0.2) is 41.1 Å². The summed E-state index contributed by atoms with van der Waals surface area (Å²) in [6.45, 7) is 9.43. The lowest BCUT2D eigenvalue weighted by atomic mass is 9.91. The highest BCUT2D eigenvalue weighted by atomic mass is 16.5. The first kappa shape index (κ1) is 20.6. The van der Waals surface area contributed by atoms with Gasteiger partial charge in [0, 0.05) is 13.0 Å². The molecule has 5 heteroatoms. The first-order chi connectivity index (χ1) is 13.4. The second kappa shape index (κ2) is 9.37. The zero-order valence-electron chi connectivity index (χ0n) is 17.3. The summed E-state index contributed by atoms with van der Waals surface area (Å²) in [6.07, 6.45) is 7.95. The summed E-state index contributed by atoms with van der Waals surface area (Å²) in [5, 5.41) is 0. The van der Waals surface area contributed by atoms with E-state index >= 15 is 0 Å². The van der Waals surface area contributed by atoms with Crippen molar-refractivity contribution in [3.05, 3.63) is 48.2 Å². The van der Waals surface area contributed by atoms with Crippen molar-refractivity contribution < 1.29 is 13.9 Å². The van der Waals surface area contributed by atoms with Crippen molar-refractivity contribution in [3.63, 3.8) is 0 Å². The van der Waals surface area contributed by atoms with E-state index < -0.39 is 0 Å². The predicted octanol–water partition coefficient (Wildman–Crippen LogP) is 5.12. The van der Waals surface area contributed by atoms with Gasteiger partial charge in [0.05, 0.1) is 6.20 Å². The second-order valence-electron chi connectivity index (χ2n) is 8.73. The summed E-state index contributed by atoms with van der Waals surface area (Å²) >= 11 is 0. The van der Waals surface area contributed by atoms with E-state index in [9.17, 15) is 4.79 Å². The maximum atomic E-state index is 11.9. The summed E-state index contributed by atoms with van der Waals surface area (Å²) < 4.78 is 11.0. The number of hydrogen-bond acceptors (Lipinski definition) is 5. The Morgan fingerprint density at radius 1 is 1.21 bits per heavy atom. The lowest BCUT2D eigenvalue weighted by Crippen LogP contribution is -2.33. The van der Waals surface area contributed by atoms with Crippen molar-refractivity contribution in [1.29, 1.82) is 0 Å². The highest BCUT2D eigenvalue weighted by Gasteiger charge is 2.20. The number of Topliss-reactive ketones (excluding diaryl/α,β-unsaturated/α-hetero) is 1. The summed E-state index contributed by atoms with van der Waals surface area (Å²) in [4.78, 5) is 18.4. The molecule has 2 heterocycles. The summed E-state index contributed by atoms with van der Waals surface area (Å²) in [5.41, 5.74) is 1.17. The molecule has 28 heavy (non-hydrogen) atoms. The van der Waals surface area contributed by atoms with Crippen molar-refractivity contribution >= 4 is 5.78 Å². The van der Waals surface area contributed by atoms with Gasteiger partial charge < -0.3 is 9.15 Å². The molecule has 3 rings (SSSR count). The van der Waals surface area contributed by atoms with Crippen LogP contribution >= 0.6 is 0 Å². The molecule has 1 aliphatic heterocycles. The Hall–Kier alpha value is -2.14. The van der Waals surface area contributed by atoms with E-state index in [-0.39, 0.29) is 17.3 Å². The van der Waals surface area contributed by atoms with Gasteiger partial charge in [-0.3, -0.25) is 9.69 Å². The molecule has 0 unspecified atom stereocenters. The number of hydrogen-bond donors (Lipinski definition) is 0. The molecular weight excluding hydrogens is 352 g/mol. The zero-order chi connectivity index (χ0) is 20.0. The maximum absolute atomic E-state index is 11.9. The molecule has 1 fully saturated rings. The molecule has 0 radical (unpaired) electrons. The molecule has 0 aliphatic carbocycles. The number of benzene rings is 1. The Labute approximate surface area is 168 Å². The minimum absolute atomic E-state index is 0.0151. The van der Waals surface area contributed by atoms with Gasteiger partial charge in [0.2, 0.25) is 5.78 Å². The van der Waals surface area contributed by atoms with Crippen LogP contribution in [0.1, 0.15) is 69.1 Å². The van der Waals surface area contributed by atoms with Gasteiger partial charge in [-0.15, -0.1) is 0 Å². The fraction of sp³-hybridized carbons (Fsp3) is 0.565. The number of carbonyl (C=O) groups excluding carboxylic acids is 1. The third-order valence-electron chi connectivity index (χ3n) is 5.15. The SMILES string of the molecule is CC(C)(C)Oc1ccc(CN2CCC(CCCC(=O)c3ncco3)CC2)cc1. The lowest BCUT2D eigenvalue weighted by molar-refractivity contribution is 0.0940. The average molecular weight is 385 g/mol. The normalized spacial score (nSPS) is 16.2. The van der Waals surface area contributed by atoms with Gasteiger partial charge in [-0.25, -0.2) is 4.98 Å². The first-order valence-electron chi connectivity index (χ1n) is 10.3. The Morgan fingerprint density at radius 2 is 1.93 bits per heavy atom. The van der Waals surface area contributed by atoms with Crippen LogP contribution in [0, 0.1) is 5.92 Å². The molecule has 1 aromatic heterocycles. The molecular formula is C23H32N2O3. The predicted molar refractivity (Wildman–Crippen MR) is 110 cm³/mol. The van der Waals surface area contributed by atoms with Crippen LogP contribution in [0.25, 0.3) is 0 Å². The van der Waals surface area contributed by atoms with Crippen molar-refractivity contribution in [2.24, 2.45) is 5.92 Å². The number of piperidine rings is 1. The molecule has 0 spiro atoms. The van der Waals surface area contributed by atoms with Crippen molar-refractivity contribution in [3.8, 4) is 5.75 Å². The molecule has 0 amide bonds. The number of nitrogens with zero attached hydrogens (tertiary/aromatic N) is 2. The van der Waals surface area contributed by atoms with Crippen molar-refractivity contribution in [2.45, 2.75) is 65.0 Å². The van der Waals surface area contributed by atoms with Crippen LogP contribution in [0.3, 0.4) is 0 Å². The Kier molecular flexibility index (Phi) is 6.89. The van der Waals surface area contributed by atoms with E-state index in [2.05, 4.69) is 54.9 Å². The van der Waals surface area contributed by atoms with Crippen LogP contribution in [-0.4, -0.2) is 34.4 Å². The number of likely N-dealkylation sites (tertiary alicyclic amines) is 1. The van der Waals surface area contributed by atoms with Gasteiger partial charge in [0.15, 0.2) is 0 Å². The number of oxazole rings is 1. The van der Waals surface area contributed by atoms with Gasteiger partial charge >= 0.3 is 0 Å². The quantitative estimate of drug-likeness (QED) is 0.592. The Balaban J connectivity index is 1.35.